The Morgan fingerprint density at radius 2 is 1.36 bits per heavy atom. The van der Waals surface area contributed by atoms with Crippen LogP contribution in [-0.4, -0.2) is 157 Å². The number of aliphatic hydroxyl groups excluding tert-OH is 4. The highest BCUT2D eigenvalue weighted by molar-refractivity contribution is 5.96. The number of hydrogen-bond donors (Lipinski definition) is 7. The fourth-order valence-corrected chi connectivity index (χ4v) is 11.6. The van der Waals surface area contributed by atoms with Gasteiger partial charge in [0.1, 0.15) is 42.2 Å². The predicted octanol–water partition coefficient (Wildman–Crippen LogP) is 1.65. The van der Waals surface area contributed by atoms with Crippen LogP contribution in [-0.2, 0) is 57.1 Å². The number of carbonyl (C=O) groups excluding carboxylic acids is 6. The van der Waals surface area contributed by atoms with E-state index in [0.717, 1.165) is 13.8 Å². The topological polar surface area (TPSA) is 318 Å². The summed E-state index contributed by atoms with van der Waals surface area (Å²) in [6.45, 7) is 7.49. The van der Waals surface area contributed by atoms with Gasteiger partial charge in [0.25, 0.3) is 5.91 Å². The number of hydrogen-bond acceptors (Lipinski definition) is 19. The maximum absolute atomic E-state index is 15.8. The molecule has 2 aliphatic heterocycles. The highest BCUT2D eigenvalue weighted by Crippen LogP contribution is 2.64. The first-order valence-corrected chi connectivity index (χ1v) is 24.0. The lowest BCUT2D eigenvalue weighted by Gasteiger charge is -2.67. The number of nitrogens with one attached hydrogen (secondary N) is 1. The van der Waals surface area contributed by atoms with Gasteiger partial charge in [-0.25, -0.2) is 14.4 Å². The number of carboxylic acid groups (broad SMARTS) is 1. The minimum atomic E-state index is -2.57. The number of carboxylic acids is 1. The predicted molar refractivity (Wildman–Crippen MR) is 251 cm³/mol. The Kier molecular flexibility index (Phi) is 14.8. The summed E-state index contributed by atoms with van der Waals surface area (Å²) in [5.41, 5.74) is -8.27. The zero-order chi connectivity index (χ0) is 53.8. The largest absolute Gasteiger partial charge is 0.479 e. The molecule has 0 aromatic heterocycles. The average Bonchev–Trinajstić information content (AvgIpc) is 3.36. The van der Waals surface area contributed by atoms with Crippen molar-refractivity contribution in [1.82, 2.24) is 5.32 Å². The third-order valence-corrected chi connectivity index (χ3v) is 15.6. The summed E-state index contributed by atoms with van der Waals surface area (Å²) in [5, 5.41) is 71.5. The van der Waals surface area contributed by atoms with E-state index in [0.29, 0.717) is 0 Å². The van der Waals surface area contributed by atoms with Crippen molar-refractivity contribution in [3.05, 3.63) is 119 Å². The first-order chi connectivity index (χ1) is 34.9. The van der Waals surface area contributed by atoms with Crippen molar-refractivity contribution in [2.45, 2.75) is 139 Å². The lowest BCUT2D eigenvalue weighted by atomic mass is 9.44. The number of rotatable bonds is 13. The summed E-state index contributed by atoms with van der Waals surface area (Å²) in [5.74, 6) is -9.41. The summed E-state index contributed by atoms with van der Waals surface area (Å²) in [7, 11) is 0. The van der Waals surface area contributed by atoms with Gasteiger partial charge in [0.2, 0.25) is 0 Å². The minimum Gasteiger partial charge on any atom is -0.479 e. The molecule has 3 aliphatic carbocycles. The highest BCUT2D eigenvalue weighted by Gasteiger charge is 2.78. The molecule has 7 N–H and O–H groups in total. The molecule has 4 fully saturated rings. The Labute approximate surface area is 424 Å². The van der Waals surface area contributed by atoms with Crippen LogP contribution in [0.25, 0.3) is 0 Å². The monoisotopic (exact) mass is 1030 g/mol. The van der Waals surface area contributed by atoms with Gasteiger partial charge in [-0.1, -0.05) is 80.6 Å². The van der Waals surface area contributed by atoms with Crippen LogP contribution in [0.1, 0.15) is 86.7 Å². The number of ketones is 1. The number of benzene rings is 3. The minimum absolute atomic E-state index is 0.00814. The molecule has 74 heavy (non-hydrogen) atoms. The fraction of sp³-hybridized carbons (Fsp3) is 0.491. The van der Waals surface area contributed by atoms with Crippen molar-refractivity contribution in [2.24, 2.45) is 16.7 Å². The van der Waals surface area contributed by atoms with Crippen LogP contribution in [0.2, 0.25) is 0 Å². The molecule has 16 atom stereocenters. The third-order valence-electron chi connectivity index (χ3n) is 15.6. The van der Waals surface area contributed by atoms with Crippen LogP contribution in [0.3, 0.4) is 0 Å². The third kappa shape index (κ3) is 9.18. The van der Waals surface area contributed by atoms with Crippen molar-refractivity contribution in [3.8, 4) is 0 Å². The van der Waals surface area contributed by atoms with Crippen molar-refractivity contribution in [2.75, 3.05) is 6.61 Å². The van der Waals surface area contributed by atoms with Crippen LogP contribution in [0, 0.1) is 16.7 Å². The molecule has 8 rings (SSSR count). The Morgan fingerprint density at radius 1 is 0.770 bits per heavy atom. The first-order valence-electron chi connectivity index (χ1n) is 24.0. The van der Waals surface area contributed by atoms with Crippen LogP contribution >= 0.6 is 0 Å². The van der Waals surface area contributed by atoms with Gasteiger partial charge < -0.3 is 69.1 Å². The van der Waals surface area contributed by atoms with Crippen LogP contribution in [0.15, 0.2) is 102 Å². The zero-order valence-corrected chi connectivity index (χ0v) is 41.2. The van der Waals surface area contributed by atoms with Crippen molar-refractivity contribution in [3.63, 3.8) is 0 Å². The van der Waals surface area contributed by atoms with Crippen LogP contribution < -0.4 is 5.32 Å². The van der Waals surface area contributed by atoms with Crippen LogP contribution in [0.4, 0.5) is 0 Å². The van der Waals surface area contributed by atoms with Gasteiger partial charge in [-0.3, -0.25) is 19.2 Å². The summed E-state index contributed by atoms with van der Waals surface area (Å²) in [4.78, 5) is 98.4. The molecule has 3 aromatic rings. The quantitative estimate of drug-likeness (QED) is 0.0727. The van der Waals surface area contributed by atoms with E-state index in [1.165, 1.54) is 64.1 Å². The normalized spacial score (nSPS) is 34.9. The first kappa shape index (κ1) is 53.8. The number of fused-ring (bicyclic) bond motifs is 5. The molecule has 21 heteroatoms. The van der Waals surface area contributed by atoms with Gasteiger partial charge in [-0.05, 0) is 54.8 Å². The molecule has 8 unspecified atom stereocenters. The summed E-state index contributed by atoms with van der Waals surface area (Å²) in [6, 6.07) is 21.5. The van der Waals surface area contributed by atoms with E-state index >= 15 is 9.59 Å². The second kappa shape index (κ2) is 20.4. The number of carbonyl (C=O) groups is 7. The van der Waals surface area contributed by atoms with Gasteiger partial charge >= 0.3 is 29.8 Å². The molecule has 2 heterocycles. The molecule has 396 valence electrons. The van der Waals surface area contributed by atoms with E-state index in [-0.39, 0.29) is 34.3 Å². The van der Waals surface area contributed by atoms with E-state index < -0.39 is 156 Å². The van der Waals surface area contributed by atoms with E-state index in [2.05, 4.69) is 5.32 Å². The molecular weight excluding hydrogens is 971 g/mol. The number of esters is 4. The Morgan fingerprint density at radius 3 is 1.92 bits per heavy atom. The maximum atomic E-state index is 15.8. The molecule has 21 nitrogen and oxygen atoms in total. The van der Waals surface area contributed by atoms with E-state index in [1.807, 2.05) is 0 Å². The van der Waals surface area contributed by atoms with Gasteiger partial charge in [-0.15, -0.1) is 0 Å². The number of ether oxygens (including phenoxy) is 7. The molecule has 2 saturated carbocycles. The maximum Gasteiger partial charge on any atom is 0.338 e. The number of Topliss-reactive ketones (excluding diaryl/α,β-unsaturated/α-hetero) is 1. The van der Waals surface area contributed by atoms with Gasteiger partial charge in [0, 0.05) is 37.7 Å². The molecule has 2 saturated heterocycles. The van der Waals surface area contributed by atoms with Gasteiger partial charge in [0.15, 0.2) is 36.0 Å². The SMILES string of the molecule is CC(=O)O[C@H]1C(=O)[C@@]2(C)C([C@H](OC(=O)c3ccccc3)[C@]3(O)CC(OC(=O)C(OC4OC(C(=O)O)C(O)C(O)C4O)[C@@H](NC(=O)c4ccccc4)c4ccccc4)C(C)=C1C3(C)C)[C@]1(OC(C)=O)CO[C@@H]1C[C@@H]2O. The molecule has 3 aromatic carbocycles. The Balaban J connectivity index is 1.32. The highest BCUT2D eigenvalue weighted by atomic mass is 16.7. The lowest BCUT2D eigenvalue weighted by molar-refractivity contribution is -0.346. The van der Waals surface area contributed by atoms with Gasteiger partial charge in [-0.2, -0.15) is 0 Å². The second-order valence-corrected chi connectivity index (χ2v) is 20.2. The average molecular weight is 1030 g/mol. The molecule has 2 bridgehead atoms. The number of amides is 1. The van der Waals surface area contributed by atoms with E-state index in [4.69, 9.17) is 33.2 Å². The van der Waals surface area contributed by atoms with Crippen LogP contribution in [0.5, 0.6) is 0 Å². The summed E-state index contributed by atoms with van der Waals surface area (Å²) < 4.78 is 42.3. The summed E-state index contributed by atoms with van der Waals surface area (Å²) >= 11 is 0. The molecule has 0 radical (unpaired) electrons. The number of aliphatic hydroxyl groups is 5. The Hall–Kier alpha value is -6.43. The van der Waals surface area contributed by atoms with E-state index in [9.17, 15) is 54.6 Å². The fourth-order valence-electron chi connectivity index (χ4n) is 11.6. The van der Waals surface area contributed by atoms with Crippen molar-refractivity contribution < 1.29 is 97.4 Å². The lowest BCUT2D eigenvalue weighted by Crippen LogP contribution is -2.82. The molecule has 0 spiro atoms. The van der Waals surface area contributed by atoms with Crippen molar-refractivity contribution in [1.29, 1.82) is 0 Å². The standard InChI is InChI=1S/C53H59NO20/c1-25-31(70-48(66)40(71-49-38(60)36(58)37(59)41(72-49)46(63)64)35(28-16-10-7-11-17-28)54-45(62)29-18-12-8-13-19-29)23-53(67)44(73-47(65)30-20-14-9-15-21-30)42-51(6,32(57)22-33-52(42,24-68-33)74-27(3)56)43(61)39(69-26(2)55)34(25)50(53,4)5/h7-21,31-33,35-42,44,49,57-60,67H,22-24H2,1-6H3,(H,54,62)(H,63,64)/t31?,32-,33+,35-,36?,37?,38?,39+,40?,41?,42?,44-,49?,51+,52-,53+/m0/s1. The second-order valence-electron chi connectivity index (χ2n) is 20.2. The molecule has 5 aliphatic rings. The smallest absolute Gasteiger partial charge is 0.338 e. The number of aliphatic carboxylic acids is 1. The summed E-state index contributed by atoms with van der Waals surface area (Å²) in [6.07, 6.45) is -22.6. The Bertz CT molecular complexity index is 2700. The van der Waals surface area contributed by atoms with Gasteiger partial charge in [0.05, 0.1) is 35.6 Å². The molecule has 1 amide bonds. The van der Waals surface area contributed by atoms with E-state index in [1.54, 1.807) is 54.6 Å². The zero-order valence-electron chi connectivity index (χ0n) is 41.2. The van der Waals surface area contributed by atoms with Crippen molar-refractivity contribution >= 4 is 41.5 Å². The molecular formula is C53H59NO20.